The van der Waals surface area contributed by atoms with Crippen LogP contribution in [0.2, 0.25) is 0 Å². The Labute approximate surface area is 145 Å². The van der Waals surface area contributed by atoms with Gasteiger partial charge in [-0.3, -0.25) is 4.79 Å². The Kier molecular flexibility index (Phi) is 3.66. The third-order valence-corrected chi connectivity index (χ3v) is 4.59. The Morgan fingerprint density at radius 2 is 1.54 bits per heavy atom. The summed E-state index contributed by atoms with van der Waals surface area (Å²) in [6, 6.07) is 10.8. The predicted octanol–water partition coefficient (Wildman–Crippen LogP) is 5.78. The molecule has 3 aromatic rings. The summed E-state index contributed by atoms with van der Waals surface area (Å²) in [5, 5.41) is 6.50. The van der Waals surface area contributed by atoms with Crippen molar-refractivity contribution < 1.29 is 24.2 Å². The normalized spacial score (nSPS) is 14.3. The van der Waals surface area contributed by atoms with E-state index in [9.17, 15) is 24.2 Å². The van der Waals surface area contributed by atoms with E-state index in [4.69, 9.17) is 0 Å². The average molecular weight is 389 g/mol. The van der Waals surface area contributed by atoms with Gasteiger partial charge in [0.05, 0.1) is 23.8 Å². The first-order chi connectivity index (χ1) is 11.9. The van der Waals surface area contributed by atoms with Gasteiger partial charge in [-0.05, 0) is 36.4 Å². The summed E-state index contributed by atoms with van der Waals surface area (Å²) in [5.41, 5.74) is 0.854. The van der Waals surface area contributed by atoms with Gasteiger partial charge in [-0.2, -0.15) is 5.10 Å². The molecule has 26 heavy (non-hydrogen) atoms. The maximum Gasteiger partial charge on any atom is 0.310 e. The van der Waals surface area contributed by atoms with Gasteiger partial charge in [0.2, 0.25) is 0 Å². The Balaban J connectivity index is 1.76. The van der Waals surface area contributed by atoms with Crippen LogP contribution in [0.3, 0.4) is 0 Å². The lowest BCUT2D eigenvalue weighted by Crippen LogP contribution is -2.12. The number of rotatable bonds is 4. The van der Waals surface area contributed by atoms with Crippen molar-refractivity contribution in [1.82, 2.24) is 9.78 Å². The molecule has 10 heteroatoms. The fourth-order valence-electron chi connectivity index (χ4n) is 2.18. The van der Waals surface area contributed by atoms with Gasteiger partial charge in [-0.25, -0.2) is 4.68 Å². The molecule has 138 valence electrons. The molecule has 4 nitrogen and oxygen atoms in total. The molecule has 1 N–H and O–H groups in total. The van der Waals surface area contributed by atoms with Crippen LogP contribution in [-0.4, -0.2) is 15.7 Å². The number of benzene rings is 2. The molecule has 3 rings (SSSR count). The predicted molar refractivity (Wildman–Crippen MR) is 89.4 cm³/mol. The molecule has 0 bridgehead atoms. The van der Waals surface area contributed by atoms with Gasteiger partial charge in [0.25, 0.3) is 5.91 Å². The largest absolute Gasteiger partial charge is 0.319 e. The molecule has 1 amide bonds. The van der Waals surface area contributed by atoms with Gasteiger partial charge in [0.1, 0.15) is 4.90 Å². The maximum absolute atomic E-state index is 12.7. The standard InChI is InChI=1S/C16H12F5N3OS/c17-26(18,19,20,21)15-8-6-12(7-9-15)16(25)23-13-10-22-24(11-13)14-4-2-1-3-5-14/h1-11H,(H,23,25). The third kappa shape index (κ3) is 4.02. The molecule has 1 aromatic heterocycles. The lowest BCUT2D eigenvalue weighted by atomic mass is 10.2. The number of anilines is 1. The Bertz CT molecular complexity index is 954. The number of nitrogens with zero attached hydrogens (tertiary/aromatic N) is 2. The van der Waals surface area contributed by atoms with E-state index in [2.05, 4.69) is 10.4 Å². The van der Waals surface area contributed by atoms with Crippen LogP contribution < -0.4 is 5.32 Å². The van der Waals surface area contributed by atoms with Crippen LogP contribution in [0.25, 0.3) is 5.69 Å². The molecule has 0 saturated heterocycles. The van der Waals surface area contributed by atoms with Crippen LogP contribution >= 0.6 is 10.2 Å². The minimum atomic E-state index is -9.75. The van der Waals surface area contributed by atoms with Crippen LogP contribution in [0, 0.1) is 0 Å². The van der Waals surface area contributed by atoms with Crippen LogP contribution in [0.15, 0.2) is 71.9 Å². The van der Waals surface area contributed by atoms with E-state index in [0.29, 0.717) is 17.8 Å². The van der Waals surface area contributed by atoms with E-state index in [1.807, 2.05) is 6.07 Å². The molecule has 0 saturated carbocycles. The fourth-order valence-corrected chi connectivity index (χ4v) is 2.83. The van der Waals surface area contributed by atoms with Crippen LogP contribution in [0.5, 0.6) is 0 Å². The number of carbonyl (C=O) groups excluding carboxylic acids is 1. The molecule has 2 aromatic carbocycles. The van der Waals surface area contributed by atoms with Gasteiger partial charge >= 0.3 is 10.2 Å². The second-order valence-electron chi connectivity index (χ2n) is 5.46. The summed E-state index contributed by atoms with van der Waals surface area (Å²) in [7, 11) is -9.75. The van der Waals surface area contributed by atoms with Gasteiger partial charge < -0.3 is 5.32 Å². The lowest BCUT2D eigenvalue weighted by molar-refractivity contribution is 0.102. The van der Waals surface area contributed by atoms with E-state index in [1.54, 1.807) is 24.3 Å². The number of nitrogens with one attached hydrogen (secondary N) is 1. The lowest BCUT2D eigenvalue weighted by Gasteiger charge is -2.40. The number of para-hydroxylation sites is 1. The smallest absolute Gasteiger partial charge is 0.310 e. The van der Waals surface area contributed by atoms with Gasteiger partial charge in [-0.1, -0.05) is 37.6 Å². The van der Waals surface area contributed by atoms with Crippen molar-refractivity contribution in [2.45, 2.75) is 4.90 Å². The van der Waals surface area contributed by atoms with Crippen molar-refractivity contribution >= 4 is 21.8 Å². The van der Waals surface area contributed by atoms with E-state index in [0.717, 1.165) is 5.69 Å². The zero-order chi connectivity index (χ0) is 19.1. The average Bonchev–Trinajstić information content (AvgIpc) is 3.02. The molecule has 0 aliphatic heterocycles. The molecule has 0 unspecified atom stereocenters. The molecule has 0 atom stereocenters. The SMILES string of the molecule is O=C(Nc1cnn(-c2ccccc2)c1)c1ccc(S(F)(F)(F)(F)F)cc1. The molecular weight excluding hydrogens is 377 g/mol. The van der Waals surface area contributed by atoms with E-state index >= 15 is 0 Å². The number of aromatic nitrogens is 2. The van der Waals surface area contributed by atoms with E-state index < -0.39 is 21.0 Å². The van der Waals surface area contributed by atoms with Crippen molar-refractivity contribution in [1.29, 1.82) is 0 Å². The number of carbonyl (C=O) groups is 1. The minimum Gasteiger partial charge on any atom is -0.319 e. The zero-order valence-corrected chi connectivity index (χ0v) is 13.8. The Hall–Kier alpha value is -2.88. The van der Waals surface area contributed by atoms with Gasteiger partial charge in [0.15, 0.2) is 0 Å². The highest BCUT2D eigenvalue weighted by Gasteiger charge is 2.65. The van der Waals surface area contributed by atoms with E-state index in [-0.39, 0.29) is 17.7 Å². The monoisotopic (exact) mass is 389 g/mol. The molecular formula is C16H12F5N3OS. The first kappa shape index (κ1) is 17.9. The Morgan fingerprint density at radius 3 is 2.12 bits per heavy atom. The van der Waals surface area contributed by atoms with Crippen molar-refractivity contribution in [2.24, 2.45) is 0 Å². The summed E-state index contributed by atoms with van der Waals surface area (Å²) < 4.78 is 64.9. The number of hydrogen-bond donors (Lipinski definition) is 1. The van der Waals surface area contributed by atoms with Gasteiger partial charge in [-0.15, -0.1) is 0 Å². The highest BCUT2D eigenvalue weighted by molar-refractivity contribution is 8.45. The van der Waals surface area contributed by atoms with Gasteiger partial charge in [0, 0.05) is 5.56 Å². The maximum atomic E-state index is 12.7. The highest BCUT2D eigenvalue weighted by Crippen LogP contribution is 3.02. The van der Waals surface area contributed by atoms with Crippen molar-refractivity contribution in [3.05, 3.63) is 72.6 Å². The molecule has 0 aliphatic carbocycles. The summed E-state index contributed by atoms with van der Waals surface area (Å²) in [6.45, 7) is 0. The topological polar surface area (TPSA) is 46.9 Å². The summed E-state index contributed by atoms with van der Waals surface area (Å²) in [4.78, 5) is 10.0. The van der Waals surface area contributed by atoms with Crippen LogP contribution in [0.1, 0.15) is 10.4 Å². The van der Waals surface area contributed by atoms with Crippen molar-refractivity contribution in [2.75, 3.05) is 5.32 Å². The van der Waals surface area contributed by atoms with Crippen molar-refractivity contribution in [3.8, 4) is 5.69 Å². The first-order valence-electron chi connectivity index (χ1n) is 7.18. The molecule has 0 aliphatic rings. The second-order valence-corrected chi connectivity index (χ2v) is 7.87. The zero-order valence-electron chi connectivity index (χ0n) is 13.0. The quantitative estimate of drug-likeness (QED) is 0.575. The minimum absolute atomic E-state index is 0.192. The first-order valence-corrected chi connectivity index (χ1v) is 9.13. The second kappa shape index (κ2) is 5.31. The van der Waals surface area contributed by atoms with Crippen LogP contribution in [0.4, 0.5) is 25.1 Å². The highest BCUT2D eigenvalue weighted by atomic mass is 32.5. The molecule has 0 radical (unpaired) electrons. The summed E-state index contributed by atoms with van der Waals surface area (Å²) in [5.74, 6) is -0.744. The molecule has 0 spiro atoms. The number of hydrogen-bond acceptors (Lipinski definition) is 2. The fraction of sp³-hybridized carbons (Fsp3) is 0. The summed E-state index contributed by atoms with van der Waals surface area (Å²) >= 11 is 0. The van der Waals surface area contributed by atoms with Crippen LogP contribution in [-0.2, 0) is 0 Å². The molecule has 0 fully saturated rings. The molecule has 1 heterocycles. The van der Waals surface area contributed by atoms with E-state index in [1.165, 1.54) is 17.1 Å². The third-order valence-electron chi connectivity index (χ3n) is 3.42. The summed E-state index contributed by atoms with van der Waals surface area (Å²) in [6.07, 6.45) is 2.87. The van der Waals surface area contributed by atoms with Crippen molar-refractivity contribution in [3.63, 3.8) is 0 Å². The number of halogens is 5. The Morgan fingerprint density at radius 1 is 0.923 bits per heavy atom. The number of amides is 1.